The predicted molar refractivity (Wildman–Crippen MR) is 294 cm³/mol. The van der Waals surface area contributed by atoms with Gasteiger partial charge in [-0.05, 0) is 108 Å². The first-order valence-corrected chi connectivity index (χ1v) is 23.6. The van der Waals surface area contributed by atoms with Gasteiger partial charge in [0, 0.05) is 57.9 Å². The van der Waals surface area contributed by atoms with E-state index in [2.05, 4.69) is 130 Å². The molecule has 0 saturated carbocycles. The molecule has 8 rings (SSSR count). The third-order valence-corrected chi connectivity index (χ3v) is 12.9. The first-order chi connectivity index (χ1) is 37.8. The molecule has 70 heavy (non-hydrogen) atoms. The van der Waals surface area contributed by atoms with Gasteiger partial charge in [0.25, 0.3) is 0 Å². The van der Waals surface area contributed by atoms with Gasteiger partial charge in [0.15, 0.2) is 0 Å². The molecule has 0 unspecified atom stereocenters. The largest absolute Gasteiger partial charge is 0.507 e. The second-order valence-electron chi connectivity index (χ2n) is 22.8. The van der Waals surface area contributed by atoms with Crippen molar-refractivity contribution in [3.05, 3.63) is 167 Å². The fourth-order valence-corrected chi connectivity index (χ4v) is 8.92. The Balaban J connectivity index is 0.0000101. The minimum absolute atomic E-state index is 0. The van der Waals surface area contributed by atoms with Gasteiger partial charge in [-0.3, -0.25) is 9.55 Å². The van der Waals surface area contributed by atoms with E-state index in [-0.39, 0.29) is 48.8 Å². The Hall–Kier alpha value is -5.57. The molecule has 0 aliphatic carbocycles. The van der Waals surface area contributed by atoms with Crippen molar-refractivity contribution in [2.45, 2.75) is 150 Å². The molecule has 0 aliphatic heterocycles. The van der Waals surface area contributed by atoms with Crippen LogP contribution >= 0.6 is 0 Å². The monoisotopic (exact) mass is 1120 g/mol. The zero-order valence-electron chi connectivity index (χ0n) is 56.9. The molecule has 2 aromatic heterocycles. The summed E-state index contributed by atoms with van der Waals surface area (Å²) in [7, 11) is 0. The van der Waals surface area contributed by atoms with Crippen LogP contribution in [0.2, 0.25) is 0 Å². The summed E-state index contributed by atoms with van der Waals surface area (Å²) in [5, 5.41) is 12.6. The van der Waals surface area contributed by atoms with Crippen molar-refractivity contribution in [1.82, 2.24) is 14.5 Å². The summed E-state index contributed by atoms with van der Waals surface area (Å²) < 4.78 is 123. The molecule has 0 saturated heterocycles. The van der Waals surface area contributed by atoms with E-state index in [1.807, 2.05) is 62.4 Å². The molecule has 0 bridgehead atoms. The molecule has 0 amide bonds. The molecular weight excluding hydrogens is 1030 g/mol. The van der Waals surface area contributed by atoms with Gasteiger partial charge in [0.1, 0.15) is 11.6 Å². The number of aromatic nitrogens is 3. The quantitative estimate of drug-likeness (QED) is 0.162. The number of phenolic OH excluding ortho intramolecular Hbond substituents is 1. The number of benzene rings is 6. The molecule has 366 valence electrons. The molecule has 0 aliphatic rings. The summed E-state index contributed by atoms with van der Waals surface area (Å²) >= 11 is 0. The van der Waals surface area contributed by atoms with Gasteiger partial charge in [-0.1, -0.05) is 207 Å². The van der Waals surface area contributed by atoms with Crippen LogP contribution in [0.15, 0.2) is 127 Å². The Morgan fingerprint density at radius 3 is 1.84 bits per heavy atom. The number of phenols is 1. The Morgan fingerprint density at radius 2 is 1.21 bits per heavy atom. The average molecular weight is 1120 g/mol. The maximum atomic E-state index is 12.6. The smallest absolute Gasteiger partial charge is 0.148 e. The van der Waals surface area contributed by atoms with Crippen LogP contribution in [-0.2, 0) is 48.1 Å². The number of imidazole rings is 1. The second kappa shape index (κ2) is 18.9. The van der Waals surface area contributed by atoms with Gasteiger partial charge in [-0.25, -0.2) is 4.98 Å². The predicted octanol–water partition coefficient (Wildman–Crippen LogP) is 17.9. The van der Waals surface area contributed by atoms with Crippen LogP contribution in [0.25, 0.3) is 72.7 Å². The summed E-state index contributed by atoms with van der Waals surface area (Å²) in [4.78, 5) is 10.3. The Kier molecular flexibility index (Phi) is 9.81. The van der Waals surface area contributed by atoms with Crippen LogP contribution in [0.4, 0.5) is 0 Å². The van der Waals surface area contributed by atoms with E-state index in [1.165, 1.54) is 18.3 Å². The molecule has 6 aromatic carbocycles. The van der Waals surface area contributed by atoms with E-state index in [4.69, 9.17) is 25.0 Å². The number of aromatic hydroxyl groups is 1. The fraction of sp³-hybridized carbons (Fsp3) is 0.354. The number of pyridine rings is 1. The number of para-hydroxylation sites is 1. The van der Waals surface area contributed by atoms with E-state index in [9.17, 15) is 9.22 Å². The average Bonchev–Trinajstić information content (AvgIpc) is 1.19. The van der Waals surface area contributed by atoms with Gasteiger partial charge in [-0.15, -0.1) is 29.3 Å². The molecule has 0 atom stereocenters. The van der Waals surface area contributed by atoms with E-state index < -0.39 is 72.4 Å². The number of fused-ring (bicyclic) bond motifs is 1. The van der Waals surface area contributed by atoms with Gasteiger partial charge in [0.05, 0.1) is 22.1 Å². The molecule has 0 radical (unpaired) electrons. The molecule has 5 heteroatoms. The number of hydrogen-bond acceptors (Lipinski definition) is 3. The van der Waals surface area contributed by atoms with Crippen LogP contribution in [-0.4, -0.2) is 19.6 Å². The van der Waals surface area contributed by atoms with Crippen molar-refractivity contribution in [3.63, 3.8) is 0 Å². The van der Waals surface area contributed by atoms with Crippen LogP contribution in [0.3, 0.4) is 0 Å². The molecule has 8 aromatic rings. The topological polar surface area (TPSA) is 50.9 Å². The third kappa shape index (κ3) is 10.4. The number of rotatable bonds is 7. The molecule has 0 spiro atoms. The van der Waals surface area contributed by atoms with E-state index in [1.54, 1.807) is 0 Å². The van der Waals surface area contributed by atoms with E-state index in [0.717, 1.165) is 44.6 Å². The minimum Gasteiger partial charge on any atom is -0.507 e. The molecule has 2 heterocycles. The summed E-state index contributed by atoms with van der Waals surface area (Å²) in [5.74, 6) is -0.501. The second-order valence-corrected chi connectivity index (χ2v) is 22.8. The van der Waals surface area contributed by atoms with Gasteiger partial charge in [-0.2, -0.15) is 0 Å². The van der Waals surface area contributed by atoms with Crippen LogP contribution in [0.5, 0.6) is 5.75 Å². The van der Waals surface area contributed by atoms with Crippen molar-refractivity contribution in [1.29, 1.82) is 0 Å². The SMILES string of the molecule is [2H]c1c([2H])c(C(C([2H])([2H])[2H])(C([2H])([2H])[2H])C([2H])([2H])[2H])c([2H])c([2H])c1-c1ccnc(-c2[c-]c(-c3cccc4c3nc(-c3cc(C(C)(C)C)cc(C(C)(C)C)c3O)n4-c3ccc(-c4ccccc4C(C)(C)C)c(C([2H])(C)C)c3)cc(C(C)(C)C)c2)c1.[Pt]. The van der Waals surface area contributed by atoms with E-state index >= 15 is 0 Å². The summed E-state index contributed by atoms with van der Waals surface area (Å²) in [5.41, 5.74) is 4.45. The normalized spacial score (nSPS) is 16.3. The number of hydrogen-bond donors (Lipinski definition) is 1. The van der Waals surface area contributed by atoms with Gasteiger partial charge in [0.2, 0.25) is 0 Å². The molecular formula is C65H74N3OPt-. The Morgan fingerprint density at radius 1 is 0.586 bits per heavy atom. The molecule has 1 N–H and O–H groups in total. The zero-order valence-corrected chi connectivity index (χ0v) is 45.2. The van der Waals surface area contributed by atoms with Crippen LogP contribution < -0.4 is 0 Å². The standard InChI is InChI=1S/C65H74N3O.Pt/c1-40(2)52-39-48(29-30-50(52)51-21-18-19-23-54(51)64(12,13)14)68-57-24-20-22-49(58(57)67-60(68)53-37-47(63(9,10)11)38-55(59(53)69)65(15,16)17)43-33-44(35-46(34-43)62(6,7)8)56-36-42(31-32-66-56)41-25-27-45(28-26-41)61(3,4)5;/h18-32,34-40,69H,1-17H3;/q-1;/i3D3,4D3,5D3,25D,26D,27D,28D,40D;. The van der Waals surface area contributed by atoms with Crippen molar-refractivity contribution in [3.8, 4) is 67.5 Å². The van der Waals surface area contributed by atoms with E-state index in [0.29, 0.717) is 44.8 Å². The van der Waals surface area contributed by atoms with Crippen molar-refractivity contribution < 1.29 is 45.4 Å². The zero-order chi connectivity index (χ0) is 62.1. The van der Waals surface area contributed by atoms with Gasteiger partial charge >= 0.3 is 0 Å². The summed E-state index contributed by atoms with van der Waals surface area (Å²) in [6.45, 7) is 17.7. The maximum absolute atomic E-state index is 12.6. The number of nitrogens with zero attached hydrogens (tertiary/aromatic N) is 3. The Bertz CT molecular complexity index is 3790. The fourth-order valence-electron chi connectivity index (χ4n) is 8.92. The first-order valence-electron chi connectivity index (χ1n) is 30.6. The van der Waals surface area contributed by atoms with Crippen molar-refractivity contribution in [2.75, 3.05) is 0 Å². The molecule has 4 nitrogen and oxygen atoms in total. The van der Waals surface area contributed by atoms with Crippen LogP contribution in [0, 0.1) is 6.07 Å². The summed E-state index contributed by atoms with van der Waals surface area (Å²) in [6.07, 6.45) is 1.41. The van der Waals surface area contributed by atoms with Gasteiger partial charge < -0.3 is 5.11 Å². The first kappa shape index (κ1) is 36.4. The minimum atomic E-state index is -3.82. The van der Waals surface area contributed by atoms with Crippen molar-refractivity contribution in [2.24, 2.45) is 0 Å². The van der Waals surface area contributed by atoms with Crippen LogP contribution in [0.1, 0.15) is 176 Å². The van der Waals surface area contributed by atoms with Crippen molar-refractivity contribution >= 4 is 11.0 Å². The molecule has 0 fully saturated rings. The Labute approximate surface area is 454 Å². The third-order valence-electron chi connectivity index (χ3n) is 12.9. The summed E-state index contributed by atoms with van der Waals surface area (Å²) in [6, 6.07) is 31.2. The maximum Gasteiger partial charge on any atom is 0.148 e.